The van der Waals surface area contributed by atoms with Gasteiger partial charge in [0.15, 0.2) is 0 Å². The molecule has 0 amide bonds. The molecule has 6 nitrogen and oxygen atoms in total. The van der Waals surface area contributed by atoms with Crippen molar-refractivity contribution >= 4 is 48.0 Å². The minimum atomic E-state index is -3.57. The predicted octanol–water partition coefficient (Wildman–Crippen LogP) is 1.71. The summed E-state index contributed by atoms with van der Waals surface area (Å²) in [6.07, 6.45) is 0. The molecule has 0 saturated heterocycles. The van der Waals surface area contributed by atoms with Gasteiger partial charge < -0.3 is 28.6 Å². The molecular weight excluding hydrogens is 418 g/mol. The lowest BCUT2D eigenvalue weighted by Crippen LogP contribution is -1.89. The van der Waals surface area contributed by atoms with Gasteiger partial charge in [0.2, 0.25) is 0 Å². The Labute approximate surface area is 161 Å². The summed E-state index contributed by atoms with van der Waals surface area (Å²) >= 11 is 8.60. The van der Waals surface area contributed by atoms with E-state index < -0.39 is 13.4 Å². The molecule has 0 unspecified atom stereocenters. The van der Waals surface area contributed by atoms with Crippen LogP contribution in [0.15, 0.2) is 48.5 Å². The van der Waals surface area contributed by atoms with Gasteiger partial charge in [-0.1, -0.05) is 35.4 Å². The monoisotopic (exact) mass is 440 g/mol. The van der Waals surface area contributed by atoms with Crippen LogP contribution in [-0.4, -0.2) is 30.5 Å². The molecule has 0 heterocycles. The van der Waals surface area contributed by atoms with E-state index in [-0.39, 0.29) is 11.0 Å². The SMILES string of the molecule is Cc1ccc(OP(O)(O)=S)cc1.Cc1ccc(OP(O)(O)=S)cc1.[SiH4]. The van der Waals surface area contributed by atoms with Crippen LogP contribution in [0, 0.1) is 13.8 Å². The van der Waals surface area contributed by atoms with Crippen LogP contribution >= 0.6 is 13.4 Å². The molecule has 11 heteroatoms. The summed E-state index contributed by atoms with van der Waals surface area (Å²) in [6, 6.07) is 13.8. The van der Waals surface area contributed by atoms with Gasteiger partial charge in [-0.25, -0.2) is 0 Å². The maximum absolute atomic E-state index is 8.80. The van der Waals surface area contributed by atoms with E-state index in [2.05, 4.69) is 23.6 Å². The Kier molecular flexibility index (Phi) is 10.3. The molecule has 2 aromatic rings. The van der Waals surface area contributed by atoms with E-state index >= 15 is 0 Å². The Bertz CT molecular complexity index is 677. The maximum Gasteiger partial charge on any atom is 0.375 e. The summed E-state index contributed by atoms with van der Waals surface area (Å²) in [5.74, 6) is 0.767. The second-order valence-electron chi connectivity index (χ2n) is 4.79. The molecule has 0 bridgehead atoms. The second kappa shape index (κ2) is 10.5. The molecule has 140 valence electrons. The third-order valence-corrected chi connectivity index (χ3v) is 3.84. The quantitative estimate of drug-likeness (QED) is 0.421. The highest BCUT2D eigenvalue weighted by atomic mass is 32.5. The normalized spacial score (nSPS) is 10.8. The van der Waals surface area contributed by atoms with E-state index in [0.29, 0.717) is 11.5 Å². The van der Waals surface area contributed by atoms with E-state index in [9.17, 15) is 0 Å². The molecule has 0 aliphatic rings. The molecule has 0 radical (unpaired) electrons. The van der Waals surface area contributed by atoms with Crippen molar-refractivity contribution in [2.75, 3.05) is 0 Å². The van der Waals surface area contributed by atoms with E-state index in [1.165, 1.54) is 0 Å². The molecular formula is C14H22O6P2S2Si. The molecule has 25 heavy (non-hydrogen) atoms. The van der Waals surface area contributed by atoms with Crippen LogP contribution in [0.5, 0.6) is 11.5 Å². The first-order valence-corrected chi connectivity index (χ1v) is 11.8. The van der Waals surface area contributed by atoms with Crippen LogP contribution in [0.3, 0.4) is 0 Å². The van der Waals surface area contributed by atoms with Gasteiger partial charge >= 0.3 is 13.4 Å². The molecule has 0 aliphatic heterocycles. The number of rotatable bonds is 4. The van der Waals surface area contributed by atoms with Gasteiger partial charge in [0.25, 0.3) is 0 Å². The minimum Gasteiger partial charge on any atom is -0.424 e. The Balaban J connectivity index is 0.000000443. The highest BCUT2D eigenvalue weighted by Gasteiger charge is 2.09. The van der Waals surface area contributed by atoms with E-state index in [0.717, 1.165) is 11.1 Å². The lowest BCUT2D eigenvalue weighted by atomic mass is 10.2. The smallest absolute Gasteiger partial charge is 0.375 e. The van der Waals surface area contributed by atoms with Crippen molar-refractivity contribution in [3.8, 4) is 11.5 Å². The zero-order chi connectivity index (χ0) is 18.4. The Morgan fingerprint density at radius 2 is 0.880 bits per heavy atom. The molecule has 0 aromatic heterocycles. The molecule has 2 aromatic carbocycles. The predicted molar refractivity (Wildman–Crippen MR) is 112 cm³/mol. The molecule has 0 spiro atoms. The first-order valence-electron chi connectivity index (χ1n) is 6.58. The van der Waals surface area contributed by atoms with Gasteiger partial charge in [-0.05, 0) is 49.1 Å². The first-order chi connectivity index (χ1) is 10.9. The van der Waals surface area contributed by atoms with E-state index in [1.54, 1.807) is 48.5 Å². The van der Waals surface area contributed by atoms with Crippen molar-refractivity contribution in [2.24, 2.45) is 0 Å². The fraction of sp³-hybridized carbons (Fsp3) is 0.143. The van der Waals surface area contributed by atoms with Crippen molar-refractivity contribution in [1.82, 2.24) is 0 Å². The third-order valence-electron chi connectivity index (χ3n) is 2.49. The second-order valence-corrected chi connectivity index (χ2v) is 9.97. The molecule has 0 fully saturated rings. The van der Waals surface area contributed by atoms with Crippen LogP contribution in [0.4, 0.5) is 0 Å². The Morgan fingerprint density at radius 3 is 1.08 bits per heavy atom. The van der Waals surface area contributed by atoms with Gasteiger partial charge in [-0.15, -0.1) is 0 Å². The van der Waals surface area contributed by atoms with Crippen molar-refractivity contribution in [2.45, 2.75) is 13.8 Å². The van der Waals surface area contributed by atoms with E-state index in [4.69, 9.17) is 28.6 Å². The van der Waals surface area contributed by atoms with Crippen LogP contribution in [0.25, 0.3) is 0 Å². The molecule has 0 saturated carbocycles. The van der Waals surface area contributed by atoms with Crippen LogP contribution in [-0.2, 0) is 23.6 Å². The Hall–Kier alpha value is -0.603. The maximum atomic E-state index is 8.80. The summed E-state index contributed by atoms with van der Waals surface area (Å²) in [4.78, 5) is 35.2. The van der Waals surface area contributed by atoms with Gasteiger partial charge in [0.05, 0.1) is 0 Å². The number of hydrogen-bond donors (Lipinski definition) is 4. The zero-order valence-corrected chi connectivity index (χ0v) is 16.4. The van der Waals surface area contributed by atoms with Crippen molar-refractivity contribution in [1.29, 1.82) is 0 Å². The van der Waals surface area contributed by atoms with Crippen LogP contribution in [0.2, 0.25) is 0 Å². The summed E-state index contributed by atoms with van der Waals surface area (Å²) in [7, 11) is 0. The summed E-state index contributed by atoms with van der Waals surface area (Å²) < 4.78 is 9.39. The molecule has 0 atom stereocenters. The lowest BCUT2D eigenvalue weighted by molar-refractivity contribution is 0.369. The summed E-state index contributed by atoms with van der Waals surface area (Å²) in [5.41, 5.74) is 2.15. The molecule has 2 rings (SSSR count). The average Bonchev–Trinajstić information content (AvgIpc) is 2.42. The number of benzene rings is 2. The third kappa shape index (κ3) is 12.4. The lowest BCUT2D eigenvalue weighted by Gasteiger charge is -2.09. The highest BCUT2D eigenvalue weighted by Crippen LogP contribution is 2.38. The van der Waals surface area contributed by atoms with Gasteiger partial charge in [-0.3, -0.25) is 0 Å². The fourth-order valence-electron chi connectivity index (χ4n) is 1.47. The topological polar surface area (TPSA) is 99.4 Å². The van der Waals surface area contributed by atoms with Crippen molar-refractivity contribution in [3.05, 3.63) is 59.7 Å². The van der Waals surface area contributed by atoms with Crippen molar-refractivity contribution < 1.29 is 28.6 Å². The standard InChI is InChI=1S/2C7H9O3PS.H4Si/c2*1-6-2-4-7(5-3-6)10-11(8,9)12;/h2*2-5H,1H3,(H2,8,9,12);1H4. The summed E-state index contributed by atoms with van der Waals surface area (Å²) in [5, 5.41) is 0. The fourth-order valence-corrected chi connectivity index (χ4v) is 2.78. The Morgan fingerprint density at radius 1 is 0.640 bits per heavy atom. The molecule has 0 aliphatic carbocycles. The average molecular weight is 440 g/mol. The minimum absolute atomic E-state index is 0. The zero-order valence-electron chi connectivity index (χ0n) is 12.9. The largest absolute Gasteiger partial charge is 0.424 e. The van der Waals surface area contributed by atoms with E-state index in [1.807, 2.05) is 13.8 Å². The summed E-state index contributed by atoms with van der Waals surface area (Å²) in [6.45, 7) is -3.28. The van der Waals surface area contributed by atoms with Crippen molar-refractivity contribution in [3.63, 3.8) is 0 Å². The number of aryl methyl sites for hydroxylation is 2. The van der Waals surface area contributed by atoms with Gasteiger partial charge in [0, 0.05) is 23.6 Å². The van der Waals surface area contributed by atoms with Gasteiger partial charge in [0.1, 0.15) is 11.5 Å². The van der Waals surface area contributed by atoms with Gasteiger partial charge in [-0.2, -0.15) is 0 Å². The number of hydrogen-bond acceptors (Lipinski definition) is 4. The highest BCUT2D eigenvalue weighted by molar-refractivity contribution is 8.07. The van der Waals surface area contributed by atoms with Crippen LogP contribution in [0.1, 0.15) is 11.1 Å². The van der Waals surface area contributed by atoms with Crippen LogP contribution < -0.4 is 9.05 Å². The first kappa shape index (κ1) is 24.4. The molecule has 4 N–H and O–H groups in total.